The summed E-state index contributed by atoms with van der Waals surface area (Å²) < 4.78 is 3.02. The molecule has 1 aliphatic heterocycles. The highest BCUT2D eigenvalue weighted by Crippen LogP contribution is 2.46. The Labute approximate surface area is 200 Å². The molecule has 1 amide bonds. The largest absolute Gasteiger partial charge is 0.506 e. The lowest BCUT2D eigenvalue weighted by Gasteiger charge is -2.32. The van der Waals surface area contributed by atoms with E-state index in [0.717, 1.165) is 0 Å². The molecule has 0 fully saturated rings. The summed E-state index contributed by atoms with van der Waals surface area (Å²) in [6.45, 7) is 1.46. The number of nitrogens with one attached hydrogen (secondary N) is 1. The van der Waals surface area contributed by atoms with Crippen LogP contribution < -0.4 is 15.1 Å². The lowest BCUT2D eigenvalue weighted by molar-refractivity contribution is -0.763. The first-order chi connectivity index (χ1) is 14.3. The zero-order valence-corrected chi connectivity index (χ0v) is 21.2. The minimum Gasteiger partial charge on any atom is -0.506 e. The molecule has 0 unspecified atom stereocenters. The van der Waals surface area contributed by atoms with Crippen LogP contribution in [0, 0.1) is 0 Å². The van der Waals surface area contributed by atoms with Gasteiger partial charge in [0.15, 0.2) is 0 Å². The molecule has 2 aromatic carbocycles. The number of amides is 1. The third kappa shape index (κ3) is 3.31. The molecule has 2 N–H and O–H groups in total. The number of nitrogens with zero attached hydrogens (tertiary/aromatic N) is 3. The summed E-state index contributed by atoms with van der Waals surface area (Å²) in [4.78, 5) is 30.2. The lowest BCUT2D eigenvalue weighted by Crippen LogP contribution is -2.60. The van der Waals surface area contributed by atoms with E-state index in [-0.39, 0.29) is 17.2 Å². The highest BCUT2D eigenvalue weighted by atomic mass is 79.9. The van der Waals surface area contributed by atoms with Gasteiger partial charge in [-0.25, -0.2) is 4.90 Å². The standard InChI is InChI=1S/C19H13Br3N4O3S/c1-8(27)25-12-6-4-3-5-9(12)15-17(29)23-19(30-2)24-26(15)18(25)13-10(20)7-11(21)16(28)14(13)22/h3-7,18H,1-2H3,(H-,23,24,28,29)/p+1/t18-/m0/s1. The average Bonchev–Trinajstić information content (AvgIpc) is 2.71. The van der Waals surface area contributed by atoms with Crippen LogP contribution >= 0.6 is 59.6 Å². The van der Waals surface area contributed by atoms with Crippen molar-refractivity contribution in [1.29, 1.82) is 0 Å². The van der Waals surface area contributed by atoms with Crippen molar-refractivity contribution in [3.05, 3.63) is 59.7 Å². The maximum atomic E-state index is 13.0. The zero-order chi connectivity index (χ0) is 21.7. The maximum absolute atomic E-state index is 13.0. The van der Waals surface area contributed by atoms with Gasteiger partial charge in [-0.2, -0.15) is 0 Å². The van der Waals surface area contributed by atoms with E-state index in [2.05, 4.69) is 57.9 Å². The van der Waals surface area contributed by atoms with Crippen LogP contribution in [0.5, 0.6) is 5.75 Å². The number of carbonyl (C=O) groups is 1. The topological polar surface area (TPSA) is 90.2 Å². The number of phenols is 1. The van der Waals surface area contributed by atoms with Gasteiger partial charge in [0.1, 0.15) is 5.75 Å². The Hall–Kier alpha value is -1.69. The normalized spacial score (nSPS) is 15.0. The Morgan fingerprint density at radius 3 is 2.63 bits per heavy atom. The van der Waals surface area contributed by atoms with Crippen LogP contribution in [0.1, 0.15) is 18.7 Å². The van der Waals surface area contributed by atoms with Gasteiger partial charge in [-0.3, -0.25) is 14.6 Å². The van der Waals surface area contributed by atoms with E-state index in [1.807, 2.05) is 6.07 Å². The first-order valence-electron chi connectivity index (χ1n) is 8.62. The molecule has 4 rings (SSSR count). The van der Waals surface area contributed by atoms with Crippen LogP contribution in [0.4, 0.5) is 5.69 Å². The average molecular weight is 618 g/mol. The molecular weight excluding hydrogens is 604 g/mol. The van der Waals surface area contributed by atoms with Gasteiger partial charge < -0.3 is 5.11 Å². The second-order valence-corrected chi connectivity index (χ2v) is 9.75. The Bertz CT molecular complexity index is 1260. The molecule has 1 aromatic heterocycles. The lowest BCUT2D eigenvalue weighted by atomic mass is 10.0. The summed E-state index contributed by atoms with van der Waals surface area (Å²) in [6.07, 6.45) is 0.986. The molecule has 0 aliphatic carbocycles. The number of halogens is 3. The minimum atomic E-state index is -0.816. The fourth-order valence-electron chi connectivity index (χ4n) is 3.50. The third-order valence-electron chi connectivity index (χ3n) is 4.73. The predicted molar refractivity (Wildman–Crippen MR) is 125 cm³/mol. The number of H-pyrrole nitrogens is 1. The number of rotatable bonds is 2. The summed E-state index contributed by atoms with van der Waals surface area (Å²) in [5, 5.41) is 15.6. The molecule has 0 bridgehead atoms. The van der Waals surface area contributed by atoms with Crippen molar-refractivity contribution in [2.45, 2.75) is 18.2 Å². The van der Waals surface area contributed by atoms with Gasteiger partial charge in [-0.05, 0) is 61.0 Å². The van der Waals surface area contributed by atoms with E-state index in [4.69, 9.17) is 0 Å². The number of carbonyl (C=O) groups excluding carboxylic acids is 1. The molecule has 0 saturated heterocycles. The summed E-state index contributed by atoms with van der Waals surface area (Å²) >= 11 is 11.6. The highest BCUT2D eigenvalue weighted by molar-refractivity contribution is 9.11. The van der Waals surface area contributed by atoms with Crippen molar-refractivity contribution >= 4 is 71.1 Å². The summed E-state index contributed by atoms with van der Waals surface area (Å²) in [5.74, 6) is -0.257. The van der Waals surface area contributed by atoms with Crippen LogP contribution in [-0.4, -0.2) is 27.4 Å². The molecule has 0 saturated carbocycles. The van der Waals surface area contributed by atoms with Gasteiger partial charge in [0.05, 0.1) is 25.8 Å². The van der Waals surface area contributed by atoms with Gasteiger partial charge in [-0.1, -0.05) is 39.8 Å². The molecule has 11 heteroatoms. The smallest absolute Gasteiger partial charge is 0.325 e. The maximum Gasteiger partial charge on any atom is 0.325 e. The van der Waals surface area contributed by atoms with Gasteiger partial charge in [0.25, 0.3) is 6.17 Å². The molecule has 30 heavy (non-hydrogen) atoms. The highest BCUT2D eigenvalue weighted by Gasteiger charge is 2.47. The number of aromatic nitrogens is 3. The summed E-state index contributed by atoms with van der Waals surface area (Å²) in [5.41, 5.74) is 1.74. The molecule has 7 nitrogen and oxygen atoms in total. The number of para-hydroxylation sites is 1. The summed E-state index contributed by atoms with van der Waals surface area (Å²) in [6, 6.07) is 8.88. The number of anilines is 1. The predicted octanol–water partition coefficient (Wildman–Crippen LogP) is 4.35. The SMILES string of the molecule is CSc1n[n+]2c(c(=O)[nH]1)-c1ccccc1N(C(C)=O)[C@@H]2c1c(Br)cc(Br)c(O)c1Br. The fraction of sp³-hybridized carbons (Fsp3) is 0.158. The Balaban J connectivity index is 2.17. The van der Waals surface area contributed by atoms with E-state index in [1.165, 1.54) is 23.4 Å². The van der Waals surface area contributed by atoms with Crippen molar-refractivity contribution in [3.63, 3.8) is 0 Å². The van der Waals surface area contributed by atoms with Crippen LogP contribution in [0.25, 0.3) is 11.3 Å². The monoisotopic (exact) mass is 615 g/mol. The van der Waals surface area contributed by atoms with Crippen molar-refractivity contribution in [2.24, 2.45) is 0 Å². The van der Waals surface area contributed by atoms with Crippen LogP contribution in [0.2, 0.25) is 0 Å². The number of thioether (sulfide) groups is 1. The second kappa shape index (κ2) is 8.10. The molecule has 1 aliphatic rings. The van der Waals surface area contributed by atoms with E-state index in [9.17, 15) is 14.7 Å². The number of fused-ring (bicyclic) bond motifs is 3. The Morgan fingerprint density at radius 1 is 1.27 bits per heavy atom. The molecule has 154 valence electrons. The molecule has 0 spiro atoms. The van der Waals surface area contributed by atoms with Gasteiger partial charge in [-0.15, -0.1) is 0 Å². The number of hydrogen-bond donors (Lipinski definition) is 2. The van der Waals surface area contributed by atoms with Gasteiger partial charge >= 0.3 is 11.3 Å². The molecule has 3 aromatic rings. The molecule has 2 heterocycles. The van der Waals surface area contributed by atoms with E-state index in [1.54, 1.807) is 35.4 Å². The number of benzene rings is 2. The van der Waals surface area contributed by atoms with Gasteiger partial charge in [0, 0.05) is 16.5 Å². The zero-order valence-electron chi connectivity index (χ0n) is 15.6. The number of phenolic OH excluding ortho intramolecular Hbond substituents is 1. The molecular formula is C19H14Br3N4O3S+. The van der Waals surface area contributed by atoms with E-state index < -0.39 is 6.17 Å². The Morgan fingerprint density at radius 2 is 1.97 bits per heavy atom. The first-order valence-corrected chi connectivity index (χ1v) is 12.2. The van der Waals surface area contributed by atoms with Crippen LogP contribution in [0.3, 0.4) is 0 Å². The minimum absolute atomic E-state index is 0.0207. The van der Waals surface area contributed by atoms with Crippen LogP contribution in [-0.2, 0) is 4.79 Å². The molecule has 1 atom stereocenters. The first kappa shape index (κ1) is 21.5. The van der Waals surface area contributed by atoms with Crippen molar-refractivity contribution in [1.82, 2.24) is 10.1 Å². The van der Waals surface area contributed by atoms with Crippen molar-refractivity contribution < 1.29 is 14.6 Å². The quantitative estimate of drug-likeness (QED) is 0.330. The van der Waals surface area contributed by atoms with Gasteiger partial charge in [0.2, 0.25) is 11.1 Å². The van der Waals surface area contributed by atoms with Crippen molar-refractivity contribution in [3.8, 4) is 17.0 Å². The third-order valence-corrected chi connectivity index (χ3v) is 7.36. The summed E-state index contributed by atoms with van der Waals surface area (Å²) in [7, 11) is 0. The number of hydrogen-bond acceptors (Lipinski definition) is 5. The fourth-order valence-corrected chi connectivity index (χ4v) is 6.39. The second-order valence-electron chi connectivity index (χ2n) is 6.45. The van der Waals surface area contributed by atoms with E-state index in [0.29, 0.717) is 41.1 Å². The number of aromatic hydroxyl groups is 1. The molecule has 0 radical (unpaired) electrons. The Kier molecular flexibility index (Phi) is 5.82. The van der Waals surface area contributed by atoms with E-state index >= 15 is 0 Å². The number of aromatic amines is 1. The van der Waals surface area contributed by atoms with Crippen LogP contribution in [0.15, 0.2) is 53.7 Å². The van der Waals surface area contributed by atoms with Crippen molar-refractivity contribution in [2.75, 3.05) is 11.2 Å².